The summed E-state index contributed by atoms with van der Waals surface area (Å²) in [7, 11) is 0. The highest BCUT2D eigenvalue weighted by Gasteiger charge is 2.05. The Morgan fingerprint density at radius 1 is 1.50 bits per heavy atom. The molecule has 0 radical (unpaired) electrons. The second kappa shape index (κ2) is 5.79. The number of alkyl halides is 2. The molecule has 14 heavy (non-hydrogen) atoms. The number of Topliss-reactive ketones (excluding diaryl/α,β-unsaturated/α-hetero) is 1. The van der Waals surface area contributed by atoms with E-state index in [0.29, 0.717) is 17.6 Å². The molecular weight excluding hydrogens is 284 g/mol. The van der Waals surface area contributed by atoms with E-state index in [4.69, 9.17) is 11.6 Å². The predicted octanol–water partition coefficient (Wildman–Crippen LogP) is 3.22. The number of carbonyl (C=O) groups is 1. The standard InChI is InChI=1S/C10H10BrClOS/c11-5-9(13)4-8-3-7(6-12)1-2-10(8)14/h1-3,14H,4-6H2. The monoisotopic (exact) mass is 292 g/mol. The molecule has 0 heterocycles. The Labute approximate surface area is 102 Å². The number of thiol groups is 1. The lowest BCUT2D eigenvalue weighted by molar-refractivity contribution is -0.115. The molecule has 1 rings (SSSR count). The number of ketones is 1. The molecule has 0 bridgehead atoms. The van der Waals surface area contributed by atoms with Gasteiger partial charge in [0.15, 0.2) is 0 Å². The van der Waals surface area contributed by atoms with Crippen LogP contribution in [0.2, 0.25) is 0 Å². The molecule has 0 spiro atoms. The minimum absolute atomic E-state index is 0.145. The molecule has 0 aliphatic rings. The molecule has 1 nitrogen and oxygen atoms in total. The largest absolute Gasteiger partial charge is 0.298 e. The van der Waals surface area contributed by atoms with Crippen molar-refractivity contribution in [3.05, 3.63) is 29.3 Å². The van der Waals surface area contributed by atoms with Crippen LogP contribution in [0.25, 0.3) is 0 Å². The number of rotatable bonds is 4. The average Bonchev–Trinajstić information content (AvgIpc) is 2.21. The van der Waals surface area contributed by atoms with E-state index < -0.39 is 0 Å². The van der Waals surface area contributed by atoms with Crippen molar-refractivity contribution in [1.29, 1.82) is 0 Å². The zero-order chi connectivity index (χ0) is 10.6. The summed E-state index contributed by atoms with van der Waals surface area (Å²) in [5.74, 6) is 0.607. The van der Waals surface area contributed by atoms with E-state index in [-0.39, 0.29) is 5.78 Å². The van der Waals surface area contributed by atoms with Crippen molar-refractivity contribution in [2.24, 2.45) is 0 Å². The fourth-order valence-electron chi connectivity index (χ4n) is 1.12. The third kappa shape index (κ3) is 3.30. The van der Waals surface area contributed by atoms with Gasteiger partial charge in [0.05, 0.1) is 5.33 Å². The highest BCUT2D eigenvalue weighted by atomic mass is 79.9. The van der Waals surface area contributed by atoms with Crippen molar-refractivity contribution in [2.45, 2.75) is 17.2 Å². The summed E-state index contributed by atoms with van der Waals surface area (Å²) in [5, 5.41) is 0.380. The normalized spacial score (nSPS) is 10.2. The topological polar surface area (TPSA) is 17.1 Å². The maximum Gasteiger partial charge on any atom is 0.147 e. The van der Waals surface area contributed by atoms with E-state index in [2.05, 4.69) is 28.6 Å². The van der Waals surface area contributed by atoms with Gasteiger partial charge in [0.2, 0.25) is 0 Å². The van der Waals surface area contributed by atoms with Crippen LogP contribution in [-0.2, 0) is 17.1 Å². The van der Waals surface area contributed by atoms with Crippen LogP contribution in [0.3, 0.4) is 0 Å². The van der Waals surface area contributed by atoms with Gasteiger partial charge in [0, 0.05) is 17.2 Å². The lowest BCUT2D eigenvalue weighted by Gasteiger charge is -2.05. The maximum absolute atomic E-state index is 11.2. The summed E-state index contributed by atoms with van der Waals surface area (Å²) >= 11 is 13.1. The molecule has 0 unspecified atom stereocenters. The van der Waals surface area contributed by atoms with Gasteiger partial charge in [-0.05, 0) is 17.2 Å². The van der Waals surface area contributed by atoms with Crippen LogP contribution in [0.15, 0.2) is 23.1 Å². The number of hydrogen-bond donors (Lipinski definition) is 1. The SMILES string of the molecule is O=C(CBr)Cc1cc(CCl)ccc1S. The van der Waals surface area contributed by atoms with E-state index in [9.17, 15) is 4.79 Å². The molecule has 0 N–H and O–H groups in total. The minimum Gasteiger partial charge on any atom is -0.298 e. The number of halogens is 2. The van der Waals surface area contributed by atoms with Crippen LogP contribution in [0, 0.1) is 0 Å². The molecular formula is C10H10BrClOS. The number of carbonyl (C=O) groups excluding carboxylic acids is 1. The van der Waals surface area contributed by atoms with Gasteiger partial charge in [0.25, 0.3) is 0 Å². The van der Waals surface area contributed by atoms with Gasteiger partial charge in [-0.15, -0.1) is 24.2 Å². The molecule has 0 aliphatic heterocycles. The molecule has 1 aromatic carbocycles. The first-order valence-electron chi connectivity index (χ1n) is 4.11. The lowest BCUT2D eigenvalue weighted by atomic mass is 10.1. The predicted molar refractivity (Wildman–Crippen MR) is 65.8 cm³/mol. The Morgan fingerprint density at radius 3 is 2.79 bits per heavy atom. The molecule has 0 aromatic heterocycles. The van der Waals surface area contributed by atoms with Crippen LogP contribution in [0.4, 0.5) is 0 Å². The quantitative estimate of drug-likeness (QED) is 0.666. The Hall–Kier alpha value is 0.01000. The summed E-state index contributed by atoms with van der Waals surface area (Å²) in [4.78, 5) is 12.1. The Morgan fingerprint density at radius 2 is 2.21 bits per heavy atom. The van der Waals surface area contributed by atoms with Crippen LogP contribution in [0.1, 0.15) is 11.1 Å². The first-order valence-corrected chi connectivity index (χ1v) is 6.22. The highest BCUT2D eigenvalue weighted by molar-refractivity contribution is 9.09. The summed E-state index contributed by atoms with van der Waals surface area (Å²) in [6.07, 6.45) is 0.412. The summed E-state index contributed by atoms with van der Waals surface area (Å²) in [5.41, 5.74) is 1.96. The van der Waals surface area contributed by atoms with Gasteiger partial charge in [-0.1, -0.05) is 28.1 Å². The molecule has 76 valence electrons. The van der Waals surface area contributed by atoms with Gasteiger partial charge in [0.1, 0.15) is 5.78 Å². The zero-order valence-corrected chi connectivity index (χ0v) is 10.7. The molecule has 4 heteroatoms. The Bertz CT molecular complexity index is 341. The third-order valence-electron chi connectivity index (χ3n) is 1.83. The van der Waals surface area contributed by atoms with Gasteiger partial charge < -0.3 is 0 Å². The van der Waals surface area contributed by atoms with E-state index >= 15 is 0 Å². The summed E-state index contributed by atoms with van der Waals surface area (Å²) in [6, 6.07) is 5.71. The van der Waals surface area contributed by atoms with E-state index in [0.717, 1.165) is 16.0 Å². The van der Waals surface area contributed by atoms with Crippen molar-refractivity contribution in [2.75, 3.05) is 5.33 Å². The molecule has 0 fully saturated rings. The number of hydrogen-bond acceptors (Lipinski definition) is 2. The van der Waals surface area contributed by atoms with Crippen LogP contribution >= 0.6 is 40.2 Å². The smallest absolute Gasteiger partial charge is 0.147 e. The summed E-state index contributed by atoms with van der Waals surface area (Å²) < 4.78 is 0. The fourth-order valence-corrected chi connectivity index (χ4v) is 1.71. The summed E-state index contributed by atoms with van der Waals surface area (Å²) in [6.45, 7) is 0. The zero-order valence-electron chi connectivity index (χ0n) is 7.46. The highest BCUT2D eigenvalue weighted by Crippen LogP contribution is 2.18. The third-order valence-corrected chi connectivity index (χ3v) is 3.21. The van der Waals surface area contributed by atoms with E-state index in [1.54, 1.807) is 0 Å². The molecule has 0 atom stereocenters. The molecule has 0 saturated carbocycles. The molecule has 1 aromatic rings. The van der Waals surface area contributed by atoms with Crippen molar-refractivity contribution >= 4 is 45.9 Å². The van der Waals surface area contributed by atoms with Crippen molar-refractivity contribution in [3.63, 3.8) is 0 Å². The fraction of sp³-hybridized carbons (Fsp3) is 0.300. The van der Waals surface area contributed by atoms with Gasteiger partial charge in [-0.25, -0.2) is 0 Å². The van der Waals surface area contributed by atoms with Crippen LogP contribution in [0.5, 0.6) is 0 Å². The first kappa shape index (κ1) is 12.1. The van der Waals surface area contributed by atoms with Crippen molar-refractivity contribution in [3.8, 4) is 0 Å². The van der Waals surface area contributed by atoms with Gasteiger partial charge in [-0.2, -0.15) is 0 Å². The van der Waals surface area contributed by atoms with Gasteiger partial charge >= 0.3 is 0 Å². The van der Waals surface area contributed by atoms with Crippen LogP contribution < -0.4 is 0 Å². The van der Waals surface area contributed by atoms with Gasteiger partial charge in [-0.3, -0.25) is 4.79 Å². The molecule has 0 saturated heterocycles. The van der Waals surface area contributed by atoms with Crippen LogP contribution in [-0.4, -0.2) is 11.1 Å². The van der Waals surface area contributed by atoms with E-state index in [1.165, 1.54) is 0 Å². The van der Waals surface area contributed by atoms with Crippen molar-refractivity contribution in [1.82, 2.24) is 0 Å². The Kier molecular flexibility index (Phi) is 4.99. The first-order chi connectivity index (χ1) is 6.67. The van der Waals surface area contributed by atoms with E-state index in [1.807, 2.05) is 18.2 Å². The average molecular weight is 294 g/mol. The molecule has 0 amide bonds. The number of benzene rings is 1. The van der Waals surface area contributed by atoms with Crippen molar-refractivity contribution < 1.29 is 4.79 Å². The maximum atomic E-state index is 11.2. The molecule has 0 aliphatic carbocycles. The second-order valence-electron chi connectivity index (χ2n) is 2.95. The minimum atomic E-state index is 0.145. The lowest BCUT2D eigenvalue weighted by Crippen LogP contribution is -2.04. The Balaban J connectivity index is 2.89. The second-order valence-corrected chi connectivity index (χ2v) is 4.26.